The molecule has 0 spiro atoms. The molecule has 0 bridgehead atoms. The summed E-state index contributed by atoms with van der Waals surface area (Å²) in [7, 11) is 1.51. The zero-order valence-electron chi connectivity index (χ0n) is 8.49. The number of pyridine rings is 1. The minimum absolute atomic E-state index is 0.135. The van der Waals surface area contributed by atoms with Gasteiger partial charge in [0.2, 0.25) is 5.88 Å². The van der Waals surface area contributed by atoms with E-state index >= 15 is 0 Å². The van der Waals surface area contributed by atoms with Gasteiger partial charge in [-0.15, -0.1) is 0 Å². The quantitative estimate of drug-likeness (QED) is 0.832. The van der Waals surface area contributed by atoms with E-state index in [0.717, 1.165) is 0 Å². The van der Waals surface area contributed by atoms with Gasteiger partial charge in [-0.25, -0.2) is 14.5 Å². The summed E-state index contributed by atoms with van der Waals surface area (Å²) in [6, 6.07) is 3.37. The molecule has 0 unspecified atom stereocenters. The summed E-state index contributed by atoms with van der Waals surface area (Å²) in [5.74, 6) is -0.558. The molecule has 16 heavy (non-hydrogen) atoms. The molecule has 2 aromatic rings. The van der Waals surface area contributed by atoms with Crippen LogP contribution in [0, 0.1) is 0 Å². The fourth-order valence-corrected chi connectivity index (χ4v) is 1.23. The normalized spacial score (nSPS) is 10.1. The zero-order chi connectivity index (χ0) is 11.5. The molecule has 0 atom stereocenters. The van der Waals surface area contributed by atoms with Gasteiger partial charge >= 0.3 is 5.97 Å². The summed E-state index contributed by atoms with van der Waals surface area (Å²) in [6.07, 6.45) is 4.28. The SMILES string of the molecule is COc1cc(-n2cc(C(=O)O)cn2)ccn1. The van der Waals surface area contributed by atoms with Gasteiger partial charge in [-0.05, 0) is 6.07 Å². The van der Waals surface area contributed by atoms with Crippen LogP contribution in [0.5, 0.6) is 5.88 Å². The molecule has 6 heteroatoms. The molecule has 0 radical (unpaired) electrons. The Hall–Kier alpha value is -2.37. The molecule has 0 saturated heterocycles. The van der Waals surface area contributed by atoms with E-state index in [0.29, 0.717) is 11.6 Å². The first-order chi connectivity index (χ1) is 7.70. The first-order valence-corrected chi connectivity index (χ1v) is 4.49. The number of nitrogens with zero attached hydrogens (tertiary/aromatic N) is 3. The first-order valence-electron chi connectivity index (χ1n) is 4.49. The van der Waals surface area contributed by atoms with Crippen LogP contribution in [-0.2, 0) is 0 Å². The second-order valence-corrected chi connectivity index (χ2v) is 3.04. The van der Waals surface area contributed by atoms with Crippen molar-refractivity contribution in [3.8, 4) is 11.6 Å². The summed E-state index contributed by atoms with van der Waals surface area (Å²) in [5, 5.41) is 12.7. The molecule has 0 aliphatic carbocycles. The number of hydrogen-bond acceptors (Lipinski definition) is 4. The lowest BCUT2D eigenvalue weighted by Crippen LogP contribution is -1.97. The van der Waals surface area contributed by atoms with Crippen LogP contribution in [-0.4, -0.2) is 33.0 Å². The van der Waals surface area contributed by atoms with Gasteiger partial charge in [-0.3, -0.25) is 0 Å². The molecule has 0 aliphatic heterocycles. The van der Waals surface area contributed by atoms with E-state index in [1.807, 2.05) is 0 Å². The molecule has 2 aromatic heterocycles. The fourth-order valence-electron chi connectivity index (χ4n) is 1.23. The largest absolute Gasteiger partial charge is 0.481 e. The summed E-state index contributed by atoms with van der Waals surface area (Å²) in [5.41, 5.74) is 0.829. The van der Waals surface area contributed by atoms with Gasteiger partial charge in [-0.1, -0.05) is 0 Å². The van der Waals surface area contributed by atoms with Gasteiger partial charge in [0.25, 0.3) is 0 Å². The van der Waals surface area contributed by atoms with Crippen LogP contribution in [0.4, 0.5) is 0 Å². The average molecular weight is 219 g/mol. The second-order valence-electron chi connectivity index (χ2n) is 3.04. The third-order valence-corrected chi connectivity index (χ3v) is 2.02. The number of aromatic carboxylic acids is 1. The van der Waals surface area contributed by atoms with E-state index < -0.39 is 5.97 Å². The Balaban J connectivity index is 2.38. The van der Waals surface area contributed by atoms with E-state index in [9.17, 15) is 4.79 Å². The van der Waals surface area contributed by atoms with Crippen molar-refractivity contribution >= 4 is 5.97 Å². The van der Waals surface area contributed by atoms with Gasteiger partial charge in [0.05, 0.1) is 24.6 Å². The number of hydrogen-bond donors (Lipinski definition) is 1. The molecule has 82 valence electrons. The molecule has 0 aromatic carbocycles. The van der Waals surface area contributed by atoms with Crippen molar-refractivity contribution in [2.24, 2.45) is 0 Å². The van der Waals surface area contributed by atoms with E-state index in [-0.39, 0.29) is 5.56 Å². The van der Waals surface area contributed by atoms with Crippen molar-refractivity contribution < 1.29 is 14.6 Å². The average Bonchev–Trinajstić information content (AvgIpc) is 2.78. The number of methoxy groups -OCH3 is 1. The molecular formula is C10H9N3O3. The van der Waals surface area contributed by atoms with Gasteiger partial charge in [0, 0.05) is 18.5 Å². The minimum atomic E-state index is -1.01. The van der Waals surface area contributed by atoms with Crippen molar-refractivity contribution in [2.45, 2.75) is 0 Å². The van der Waals surface area contributed by atoms with Crippen LogP contribution in [0.25, 0.3) is 5.69 Å². The van der Waals surface area contributed by atoms with Crippen molar-refractivity contribution in [3.05, 3.63) is 36.3 Å². The topological polar surface area (TPSA) is 77.2 Å². The second kappa shape index (κ2) is 4.01. The van der Waals surface area contributed by atoms with Crippen molar-refractivity contribution in [2.75, 3.05) is 7.11 Å². The molecule has 0 aliphatic rings. The number of carboxylic acid groups (broad SMARTS) is 1. The molecule has 0 saturated carbocycles. The lowest BCUT2D eigenvalue weighted by Gasteiger charge is -2.02. The Morgan fingerprint density at radius 3 is 3.00 bits per heavy atom. The summed E-state index contributed by atoms with van der Waals surface area (Å²) in [6.45, 7) is 0. The van der Waals surface area contributed by atoms with Gasteiger partial charge in [0.15, 0.2) is 0 Å². The van der Waals surface area contributed by atoms with Crippen LogP contribution in [0.15, 0.2) is 30.7 Å². The lowest BCUT2D eigenvalue weighted by atomic mass is 10.3. The summed E-state index contributed by atoms with van der Waals surface area (Å²) in [4.78, 5) is 14.6. The number of rotatable bonds is 3. The predicted molar refractivity (Wildman–Crippen MR) is 54.9 cm³/mol. The third-order valence-electron chi connectivity index (χ3n) is 2.02. The number of aromatic nitrogens is 3. The molecule has 1 N–H and O–H groups in total. The molecule has 2 rings (SSSR count). The number of ether oxygens (including phenoxy) is 1. The van der Waals surface area contributed by atoms with Crippen LogP contribution >= 0.6 is 0 Å². The van der Waals surface area contributed by atoms with Crippen molar-refractivity contribution in [1.82, 2.24) is 14.8 Å². The predicted octanol–water partition coefficient (Wildman–Crippen LogP) is 0.974. The monoisotopic (exact) mass is 219 g/mol. The highest BCUT2D eigenvalue weighted by Crippen LogP contribution is 2.13. The number of carboxylic acids is 1. The number of carbonyl (C=O) groups is 1. The first kappa shape index (κ1) is 10.2. The Kier molecular flexibility index (Phi) is 2.55. The smallest absolute Gasteiger partial charge is 0.338 e. The summed E-state index contributed by atoms with van der Waals surface area (Å²) < 4.78 is 6.41. The van der Waals surface area contributed by atoms with Crippen LogP contribution < -0.4 is 4.74 Å². The maximum Gasteiger partial charge on any atom is 0.338 e. The summed E-state index contributed by atoms with van der Waals surface area (Å²) >= 11 is 0. The molecular weight excluding hydrogens is 210 g/mol. The van der Waals surface area contributed by atoms with E-state index in [4.69, 9.17) is 9.84 Å². The molecule has 2 heterocycles. The van der Waals surface area contributed by atoms with Gasteiger partial charge < -0.3 is 9.84 Å². The Bertz CT molecular complexity index is 522. The highest BCUT2D eigenvalue weighted by Gasteiger charge is 2.07. The minimum Gasteiger partial charge on any atom is -0.481 e. The Labute approximate surface area is 91.1 Å². The van der Waals surface area contributed by atoms with Crippen molar-refractivity contribution in [3.63, 3.8) is 0 Å². The van der Waals surface area contributed by atoms with Crippen LogP contribution in [0.3, 0.4) is 0 Å². The highest BCUT2D eigenvalue weighted by atomic mass is 16.5. The lowest BCUT2D eigenvalue weighted by molar-refractivity contribution is 0.0697. The molecule has 6 nitrogen and oxygen atoms in total. The fraction of sp³-hybridized carbons (Fsp3) is 0.100. The van der Waals surface area contributed by atoms with E-state index in [1.165, 1.54) is 24.2 Å². The van der Waals surface area contributed by atoms with E-state index in [1.54, 1.807) is 18.3 Å². The molecule has 0 fully saturated rings. The molecule has 0 amide bonds. The Morgan fingerprint density at radius 1 is 1.56 bits per heavy atom. The highest BCUT2D eigenvalue weighted by molar-refractivity contribution is 5.86. The van der Waals surface area contributed by atoms with E-state index in [2.05, 4.69) is 10.1 Å². The van der Waals surface area contributed by atoms with Crippen molar-refractivity contribution in [1.29, 1.82) is 0 Å². The standard InChI is InChI=1S/C10H9N3O3/c1-16-9-4-8(2-3-11-9)13-6-7(5-12-13)10(14)15/h2-6H,1H3,(H,14,15). The maximum absolute atomic E-state index is 10.7. The zero-order valence-corrected chi connectivity index (χ0v) is 8.49. The van der Waals surface area contributed by atoms with Gasteiger partial charge in [-0.2, -0.15) is 5.10 Å². The van der Waals surface area contributed by atoms with Crippen LogP contribution in [0.1, 0.15) is 10.4 Å². The Morgan fingerprint density at radius 2 is 2.38 bits per heavy atom. The van der Waals surface area contributed by atoms with Gasteiger partial charge in [0.1, 0.15) is 0 Å². The third kappa shape index (κ3) is 1.85. The van der Waals surface area contributed by atoms with Crippen LogP contribution in [0.2, 0.25) is 0 Å². The maximum atomic E-state index is 10.7.